The van der Waals surface area contributed by atoms with Crippen molar-refractivity contribution in [3.8, 4) is 0 Å². The second kappa shape index (κ2) is 10.0. The van der Waals surface area contributed by atoms with Crippen molar-refractivity contribution in [2.45, 2.75) is 36.7 Å². The molecule has 0 amide bonds. The molecule has 2 heterocycles. The number of piperazine rings is 2. The van der Waals surface area contributed by atoms with E-state index in [-0.39, 0.29) is 39.2 Å². The van der Waals surface area contributed by atoms with E-state index >= 15 is 0 Å². The van der Waals surface area contributed by atoms with Crippen LogP contribution in [-0.4, -0.2) is 138 Å². The Bertz CT molecular complexity index is 772. The molecule has 14 heteroatoms. The molecule has 0 aromatic rings. The van der Waals surface area contributed by atoms with Crippen molar-refractivity contribution < 1.29 is 36.2 Å². The molecule has 12 nitrogen and oxygen atoms in total. The standard InChI is InChI=1S/C16H34N4O8S2/c1-3-16(22)13-19(8-9-20(16)14(2)29(23,24)25)15(30(26,27)28)12-18-6-4-17(5-7-18)10-11-21/h14-15,21-22H,3-13H2,1-2H3,(H,23,24,25)(H,26,27,28). The lowest BCUT2D eigenvalue weighted by atomic mass is 10.0. The minimum absolute atomic E-state index is 0.00158. The SMILES string of the molecule is CCC1(O)CN(C(CN2CCN(CCO)CC2)S(=O)(=O)O)CCN1C(C)S(=O)(=O)O. The van der Waals surface area contributed by atoms with Gasteiger partial charge in [0.2, 0.25) is 0 Å². The lowest BCUT2D eigenvalue weighted by Gasteiger charge is -2.50. The van der Waals surface area contributed by atoms with Gasteiger partial charge < -0.3 is 10.2 Å². The molecule has 0 radical (unpaired) electrons. The summed E-state index contributed by atoms with van der Waals surface area (Å²) >= 11 is 0. The van der Waals surface area contributed by atoms with Gasteiger partial charge in [-0.2, -0.15) is 16.8 Å². The minimum Gasteiger partial charge on any atom is -0.395 e. The average molecular weight is 475 g/mol. The third-order valence-corrected chi connectivity index (χ3v) is 8.35. The second-order valence-corrected chi connectivity index (χ2v) is 11.2. The van der Waals surface area contributed by atoms with Crippen LogP contribution >= 0.6 is 0 Å². The number of hydrogen-bond acceptors (Lipinski definition) is 10. The zero-order chi connectivity index (χ0) is 22.7. The van der Waals surface area contributed by atoms with Crippen LogP contribution in [0.15, 0.2) is 0 Å². The van der Waals surface area contributed by atoms with Crippen LogP contribution in [0.2, 0.25) is 0 Å². The predicted octanol–water partition coefficient (Wildman–Crippen LogP) is -2.24. The smallest absolute Gasteiger partial charge is 0.282 e. The monoisotopic (exact) mass is 474 g/mol. The summed E-state index contributed by atoms with van der Waals surface area (Å²) in [5, 5.41) is 17.5. The van der Waals surface area contributed by atoms with Crippen LogP contribution in [0, 0.1) is 0 Å². The summed E-state index contributed by atoms with van der Waals surface area (Å²) in [6.45, 7) is 5.91. The molecule has 4 N–H and O–H groups in total. The first-order valence-electron chi connectivity index (χ1n) is 10.0. The van der Waals surface area contributed by atoms with Crippen LogP contribution in [0.25, 0.3) is 0 Å². The molecule has 30 heavy (non-hydrogen) atoms. The summed E-state index contributed by atoms with van der Waals surface area (Å²) in [5.41, 5.74) is -1.68. The van der Waals surface area contributed by atoms with Gasteiger partial charge in [0.15, 0.2) is 5.37 Å². The highest BCUT2D eigenvalue weighted by molar-refractivity contribution is 7.86. The fourth-order valence-electron chi connectivity index (χ4n) is 4.14. The van der Waals surface area contributed by atoms with Crippen LogP contribution in [0.1, 0.15) is 20.3 Å². The molecule has 0 saturated carbocycles. The van der Waals surface area contributed by atoms with Crippen molar-refractivity contribution in [2.75, 3.05) is 65.5 Å². The first-order valence-corrected chi connectivity index (χ1v) is 13.0. The maximum Gasteiger partial charge on any atom is 0.282 e. The van der Waals surface area contributed by atoms with Gasteiger partial charge in [0, 0.05) is 58.9 Å². The number of hydrogen-bond donors (Lipinski definition) is 4. The molecule has 0 aromatic carbocycles. The van der Waals surface area contributed by atoms with E-state index in [2.05, 4.69) is 4.90 Å². The normalized spacial score (nSPS) is 28.5. The topological polar surface area (TPSA) is 162 Å². The van der Waals surface area contributed by atoms with Crippen molar-refractivity contribution in [3.63, 3.8) is 0 Å². The second-order valence-electron chi connectivity index (χ2n) is 7.95. The van der Waals surface area contributed by atoms with Gasteiger partial charge in [0.1, 0.15) is 11.1 Å². The van der Waals surface area contributed by atoms with E-state index in [1.807, 2.05) is 4.90 Å². The summed E-state index contributed by atoms with van der Waals surface area (Å²) in [5.74, 6) is 0. The van der Waals surface area contributed by atoms with Gasteiger partial charge >= 0.3 is 0 Å². The molecule has 0 spiro atoms. The molecule has 2 aliphatic heterocycles. The molecular formula is C16H34N4O8S2. The van der Waals surface area contributed by atoms with Gasteiger partial charge in [-0.15, -0.1) is 0 Å². The Hall–Kier alpha value is -0.420. The van der Waals surface area contributed by atoms with Crippen LogP contribution in [0.5, 0.6) is 0 Å². The molecule has 0 aromatic heterocycles. The fourth-order valence-corrected chi connectivity index (χ4v) is 5.72. The Morgan fingerprint density at radius 3 is 1.97 bits per heavy atom. The number of rotatable bonds is 9. The highest BCUT2D eigenvalue weighted by Gasteiger charge is 2.47. The lowest BCUT2D eigenvalue weighted by molar-refractivity contribution is -0.162. The molecule has 3 unspecified atom stereocenters. The quantitative estimate of drug-likeness (QED) is 0.266. The zero-order valence-corrected chi connectivity index (χ0v) is 19.1. The van der Waals surface area contributed by atoms with Gasteiger partial charge in [-0.3, -0.25) is 28.7 Å². The van der Waals surface area contributed by atoms with Crippen LogP contribution in [0.4, 0.5) is 0 Å². The zero-order valence-electron chi connectivity index (χ0n) is 17.5. The van der Waals surface area contributed by atoms with E-state index in [1.165, 1.54) is 16.7 Å². The number of nitrogens with zero attached hydrogens (tertiary/aromatic N) is 4. The van der Waals surface area contributed by atoms with E-state index in [1.54, 1.807) is 6.92 Å². The van der Waals surface area contributed by atoms with Crippen LogP contribution in [0.3, 0.4) is 0 Å². The number of β-amino-alcohol motifs (C(OH)–C–C–N with tert-alkyl or cyclic N) is 2. The van der Waals surface area contributed by atoms with E-state index in [4.69, 9.17) is 5.11 Å². The molecule has 178 valence electrons. The third kappa shape index (κ3) is 6.31. The first kappa shape index (κ1) is 25.8. The van der Waals surface area contributed by atoms with Crippen LogP contribution in [-0.2, 0) is 20.2 Å². The maximum atomic E-state index is 12.2. The Kier molecular flexibility index (Phi) is 8.63. The Balaban J connectivity index is 2.14. The molecule has 0 bridgehead atoms. The number of aliphatic hydroxyl groups is 2. The highest BCUT2D eigenvalue weighted by Crippen LogP contribution is 2.29. The predicted molar refractivity (Wildman–Crippen MR) is 110 cm³/mol. The van der Waals surface area contributed by atoms with Crippen molar-refractivity contribution in [1.29, 1.82) is 0 Å². The van der Waals surface area contributed by atoms with Gasteiger partial charge in [-0.1, -0.05) is 6.92 Å². The van der Waals surface area contributed by atoms with E-state index < -0.39 is 36.7 Å². The lowest BCUT2D eigenvalue weighted by Crippen LogP contribution is -2.68. The molecule has 2 fully saturated rings. The summed E-state index contributed by atoms with van der Waals surface area (Å²) in [6.07, 6.45) is 0.0986. The van der Waals surface area contributed by atoms with E-state index in [9.17, 15) is 31.0 Å². The average Bonchev–Trinajstić information content (AvgIpc) is 2.65. The Morgan fingerprint density at radius 1 is 0.933 bits per heavy atom. The van der Waals surface area contributed by atoms with Gasteiger partial charge in [0.25, 0.3) is 20.2 Å². The molecular weight excluding hydrogens is 440 g/mol. The van der Waals surface area contributed by atoms with Gasteiger partial charge in [-0.25, -0.2) is 0 Å². The van der Waals surface area contributed by atoms with Crippen LogP contribution < -0.4 is 0 Å². The molecule has 0 aliphatic carbocycles. The fraction of sp³-hybridized carbons (Fsp3) is 1.00. The van der Waals surface area contributed by atoms with E-state index in [0.29, 0.717) is 32.7 Å². The molecule has 2 rings (SSSR count). The van der Waals surface area contributed by atoms with Gasteiger partial charge in [-0.05, 0) is 13.3 Å². The summed E-state index contributed by atoms with van der Waals surface area (Å²) in [6, 6.07) is 0. The Morgan fingerprint density at radius 2 is 1.50 bits per heavy atom. The molecule has 3 atom stereocenters. The summed E-state index contributed by atoms with van der Waals surface area (Å²) < 4.78 is 66.7. The number of aliphatic hydroxyl groups excluding tert-OH is 1. The third-order valence-electron chi connectivity index (χ3n) is 6.10. The van der Waals surface area contributed by atoms with Crippen molar-refractivity contribution in [1.82, 2.24) is 19.6 Å². The van der Waals surface area contributed by atoms with Gasteiger partial charge in [0.05, 0.1) is 6.61 Å². The maximum absolute atomic E-state index is 12.2. The minimum atomic E-state index is -4.48. The van der Waals surface area contributed by atoms with Crippen molar-refractivity contribution >= 4 is 20.2 Å². The molecule has 2 aliphatic rings. The largest absolute Gasteiger partial charge is 0.395 e. The highest BCUT2D eigenvalue weighted by atomic mass is 32.2. The van der Waals surface area contributed by atoms with E-state index in [0.717, 1.165) is 0 Å². The first-order chi connectivity index (χ1) is 13.8. The summed E-state index contributed by atoms with van der Waals surface area (Å²) in [7, 11) is -8.91. The van der Waals surface area contributed by atoms with Crippen molar-refractivity contribution in [2.24, 2.45) is 0 Å². The summed E-state index contributed by atoms with van der Waals surface area (Å²) in [4.78, 5) is 6.66. The van der Waals surface area contributed by atoms with Crippen molar-refractivity contribution in [3.05, 3.63) is 0 Å². The Labute approximate surface area is 178 Å². The molecule has 2 saturated heterocycles.